The third-order valence-corrected chi connectivity index (χ3v) is 2.95. The van der Waals surface area contributed by atoms with E-state index in [1.54, 1.807) is 0 Å². The highest BCUT2D eigenvalue weighted by Gasteiger charge is 2.14. The number of carbonyl (C=O) groups excluding carboxylic acids is 1. The fraction of sp³-hybridized carbons (Fsp3) is 0.500. The molecule has 2 rings (SSSR count). The van der Waals surface area contributed by atoms with Gasteiger partial charge in [0.25, 0.3) is 5.91 Å². The Kier molecular flexibility index (Phi) is 4.73. The van der Waals surface area contributed by atoms with E-state index in [2.05, 4.69) is 5.32 Å². The van der Waals surface area contributed by atoms with Crippen molar-refractivity contribution in [2.75, 3.05) is 19.8 Å². The van der Waals surface area contributed by atoms with Gasteiger partial charge in [-0.3, -0.25) is 4.79 Å². The van der Waals surface area contributed by atoms with E-state index in [1.807, 2.05) is 31.2 Å². The summed E-state index contributed by atoms with van der Waals surface area (Å²) in [6, 6.07) is 7.56. The van der Waals surface area contributed by atoms with Crippen molar-refractivity contribution in [1.82, 2.24) is 5.32 Å². The largest absolute Gasteiger partial charge is 0.353 e. The molecule has 1 aromatic carbocycles. The minimum absolute atomic E-state index is 0.0380. The summed E-state index contributed by atoms with van der Waals surface area (Å²) in [5.41, 5.74) is 1.71. The average molecular weight is 249 g/mol. The van der Waals surface area contributed by atoms with Crippen LogP contribution in [0, 0.1) is 6.92 Å². The number of aryl methyl sites for hydroxylation is 1. The number of ether oxygens (including phenoxy) is 2. The molecule has 0 spiro atoms. The first-order valence-corrected chi connectivity index (χ1v) is 6.34. The normalized spacial score (nSPS) is 16.5. The van der Waals surface area contributed by atoms with Gasteiger partial charge >= 0.3 is 0 Å². The average Bonchev–Trinajstić information content (AvgIpc) is 2.40. The van der Waals surface area contributed by atoms with Crippen LogP contribution in [0.2, 0.25) is 0 Å². The molecule has 1 heterocycles. The summed E-state index contributed by atoms with van der Waals surface area (Å²) in [4.78, 5) is 11.9. The van der Waals surface area contributed by atoms with Crippen LogP contribution in [0.3, 0.4) is 0 Å². The molecule has 98 valence electrons. The second kappa shape index (κ2) is 6.52. The fourth-order valence-electron chi connectivity index (χ4n) is 1.93. The van der Waals surface area contributed by atoms with Crippen LogP contribution in [0.4, 0.5) is 0 Å². The summed E-state index contributed by atoms with van der Waals surface area (Å²) in [5, 5.41) is 2.89. The molecule has 0 saturated carbocycles. The molecule has 1 saturated heterocycles. The van der Waals surface area contributed by atoms with E-state index >= 15 is 0 Å². The van der Waals surface area contributed by atoms with Crippen LogP contribution in [0.15, 0.2) is 24.3 Å². The third kappa shape index (κ3) is 3.55. The first kappa shape index (κ1) is 13.1. The van der Waals surface area contributed by atoms with Crippen LogP contribution in [0.5, 0.6) is 0 Å². The summed E-state index contributed by atoms with van der Waals surface area (Å²) in [7, 11) is 0. The molecule has 0 radical (unpaired) electrons. The van der Waals surface area contributed by atoms with Crippen LogP contribution < -0.4 is 5.32 Å². The monoisotopic (exact) mass is 249 g/mol. The molecule has 1 aliphatic rings. The van der Waals surface area contributed by atoms with Gasteiger partial charge in [-0.25, -0.2) is 0 Å². The highest BCUT2D eigenvalue weighted by molar-refractivity contribution is 5.95. The zero-order chi connectivity index (χ0) is 12.8. The topological polar surface area (TPSA) is 47.6 Å². The predicted molar refractivity (Wildman–Crippen MR) is 68.4 cm³/mol. The number of hydrogen-bond acceptors (Lipinski definition) is 3. The van der Waals surface area contributed by atoms with E-state index in [1.165, 1.54) is 0 Å². The summed E-state index contributed by atoms with van der Waals surface area (Å²) in [6.45, 7) is 3.99. The van der Waals surface area contributed by atoms with Crippen LogP contribution in [0.25, 0.3) is 0 Å². The van der Waals surface area contributed by atoms with Crippen LogP contribution >= 0.6 is 0 Å². The Morgan fingerprint density at radius 3 is 2.78 bits per heavy atom. The van der Waals surface area contributed by atoms with E-state index in [4.69, 9.17) is 9.47 Å². The Morgan fingerprint density at radius 2 is 2.06 bits per heavy atom. The molecule has 1 amide bonds. The Labute approximate surface area is 107 Å². The van der Waals surface area contributed by atoms with Gasteiger partial charge < -0.3 is 14.8 Å². The van der Waals surface area contributed by atoms with Crippen molar-refractivity contribution in [3.05, 3.63) is 35.4 Å². The minimum atomic E-state index is -0.170. The van der Waals surface area contributed by atoms with Gasteiger partial charge in [0.05, 0.1) is 13.2 Å². The number of rotatable bonds is 4. The van der Waals surface area contributed by atoms with Crippen LogP contribution in [-0.4, -0.2) is 32.0 Å². The second-order valence-electron chi connectivity index (χ2n) is 4.38. The lowest BCUT2D eigenvalue weighted by atomic mass is 10.1. The Hall–Kier alpha value is -1.39. The summed E-state index contributed by atoms with van der Waals surface area (Å²) in [6.07, 6.45) is 1.47. The van der Waals surface area contributed by atoms with E-state index in [-0.39, 0.29) is 12.2 Å². The smallest absolute Gasteiger partial charge is 0.251 e. The number of amides is 1. The van der Waals surface area contributed by atoms with Gasteiger partial charge in [-0.15, -0.1) is 0 Å². The predicted octanol–water partition coefficient (Wildman–Crippen LogP) is 1.88. The molecular weight excluding hydrogens is 230 g/mol. The second-order valence-corrected chi connectivity index (χ2v) is 4.38. The van der Waals surface area contributed by atoms with E-state index < -0.39 is 0 Å². The minimum Gasteiger partial charge on any atom is -0.353 e. The molecule has 0 aromatic heterocycles. The van der Waals surface area contributed by atoms with Gasteiger partial charge in [0.1, 0.15) is 0 Å². The van der Waals surface area contributed by atoms with E-state index in [0.717, 1.165) is 30.8 Å². The first-order valence-electron chi connectivity index (χ1n) is 6.34. The maximum atomic E-state index is 11.9. The number of nitrogens with one attached hydrogen (secondary N) is 1. The Balaban J connectivity index is 1.76. The van der Waals surface area contributed by atoms with Crippen molar-refractivity contribution >= 4 is 5.91 Å². The van der Waals surface area contributed by atoms with E-state index in [9.17, 15) is 4.79 Å². The van der Waals surface area contributed by atoms with Gasteiger partial charge in [0.15, 0.2) is 6.29 Å². The lowest BCUT2D eigenvalue weighted by molar-refractivity contribution is -0.180. The molecule has 0 aliphatic carbocycles. The van der Waals surface area contributed by atoms with Gasteiger partial charge in [-0.1, -0.05) is 18.2 Å². The zero-order valence-electron chi connectivity index (χ0n) is 10.6. The number of carbonyl (C=O) groups is 1. The maximum Gasteiger partial charge on any atom is 0.251 e. The summed E-state index contributed by atoms with van der Waals surface area (Å²) >= 11 is 0. The molecule has 0 unspecified atom stereocenters. The number of benzene rings is 1. The van der Waals surface area contributed by atoms with Gasteiger partial charge in [0.2, 0.25) is 0 Å². The molecule has 1 N–H and O–H groups in total. The van der Waals surface area contributed by atoms with Crippen molar-refractivity contribution in [3.63, 3.8) is 0 Å². The Morgan fingerprint density at radius 1 is 1.33 bits per heavy atom. The molecule has 1 aliphatic heterocycles. The molecule has 1 aromatic rings. The maximum absolute atomic E-state index is 11.9. The van der Waals surface area contributed by atoms with Gasteiger partial charge in [0, 0.05) is 18.5 Å². The molecule has 4 heteroatoms. The lowest BCUT2D eigenvalue weighted by Crippen LogP contribution is -2.31. The molecule has 0 bridgehead atoms. The molecule has 4 nitrogen and oxygen atoms in total. The highest BCUT2D eigenvalue weighted by atomic mass is 16.7. The quantitative estimate of drug-likeness (QED) is 0.886. The van der Waals surface area contributed by atoms with Crippen LogP contribution in [-0.2, 0) is 9.47 Å². The molecule has 0 atom stereocenters. The lowest BCUT2D eigenvalue weighted by Gasteiger charge is -2.23. The van der Waals surface area contributed by atoms with Gasteiger partial charge in [-0.2, -0.15) is 0 Å². The van der Waals surface area contributed by atoms with Crippen molar-refractivity contribution in [2.24, 2.45) is 0 Å². The highest BCUT2D eigenvalue weighted by Crippen LogP contribution is 2.09. The Bertz CT molecular complexity index is 400. The standard InChI is InChI=1S/C14H19NO3/c1-11-5-2-3-6-12(11)14(16)15-8-7-13-17-9-4-10-18-13/h2-3,5-6,13H,4,7-10H2,1H3,(H,15,16). The van der Waals surface area contributed by atoms with Crippen molar-refractivity contribution in [2.45, 2.75) is 26.1 Å². The van der Waals surface area contributed by atoms with E-state index in [0.29, 0.717) is 13.0 Å². The molecule has 18 heavy (non-hydrogen) atoms. The summed E-state index contributed by atoms with van der Waals surface area (Å²) < 4.78 is 10.8. The summed E-state index contributed by atoms with van der Waals surface area (Å²) in [5.74, 6) is -0.0380. The fourth-order valence-corrected chi connectivity index (χ4v) is 1.93. The zero-order valence-corrected chi connectivity index (χ0v) is 10.6. The molecule has 1 fully saturated rings. The number of hydrogen-bond donors (Lipinski definition) is 1. The van der Waals surface area contributed by atoms with Crippen molar-refractivity contribution in [3.8, 4) is 0 Å². The van der Waals surface area contributed by atoms with Crippen molar-refractivity contribution < 1.29 is 14.3 Å². The SMILES string of the molecule is Cc1ccccc1C(=O)NCCC1OCCCO1. The van der Waals surface area contributed by atoms with Crippen molar-refractivity contribution in [1.29, 1.82) is 0 Å². The first-order chi connectivity index (χ1) is 8.77. The van der Waals surface area contributed by atoms with Crippen LogP contribution in [0.1, 0.15) is 28.8 Å². The third-order valence-electron chi connectivity index (χ3n) is 2.95. The van der Waals surface area contributed by atoms with Gasteiger partial charge in [-0.05, 0) is 25.0 Å². The molecular formula is C14H19NO3.